The van der Waals surface area contributed by atoms with E-state index in [0.717, 1.165) is 24.0 Å². The van der Waals surface area contributed by atoms with Crippen molar-refractivity contribution in [3.05, 3.63) is 83.1 Å². The van der Waals surface area contributed by atoms with E-state index in [1.807, 2.05) is 17.0 Å². The number of carbonyl (C=O) groups excluding carboxylic acids is 1. The number of carbonyl (C=O) groups is 1. The molecule has 0 bridgehead atoms. The number of benzene rings is 2. The smallest absolute Gasteiger partial charge is 0.162 e. The molecule has 1 heterocycles. The predicted octanol–water partition coefficient (Wildman–Crippen LogP) is 6.00. The number of ketones is 1. The topological polar surface area (TPSA) is 88.6 Å². The summed E-state index contributed by atoms with van der Waals surface area (Å²) in [5, 5.41) is 10.2. The molecule has 1 atom stereocenters. The number of halogens is 3. The molecule has 0 amide bonds. The molecule has 1 aliphatic heterocycles. The molecule has 2 aromatic carbocycles. The second-order valence-electron chi connectivity index (χ2n) is 10.0. The van der Waals surface area contributed by atoms with Gasteiger partial charge in [-0.3, -0.25) is 4.79 Å². The van der Waals surface area contributed by atoms with Crippen molar-refractivity contribution in [1.29, 1.82) is 5.26 Å². The zero-order valence-electron chi connectivity index (χ0n) is 20.9. The van der Waals surface area contributed by atoms with Crippen LogP contribution in [0, 0.1) is 29.7 Å². The molecule has 0 spiro atoms. The van der Waals surface area contributed by atoms with E-state index in [1.54, 1.807) is 19.2 Å². The Bertz CT molecular complexity index is 1310. The Kier molecular flexibility index (Phi) is 8.50. The average Bonchev–Trinajstić information content (AvgIpc) is 2.82. The van der Waals surface area contributed by atoms with Crippen LogP contribution in [0.5, 0.6) is 5.75 Å². The number of methoxy groups -OCH3 is 1. The Balaban J connectivity index is 1.76. The standard InChI is InChI=1S/C28H28FI2N3O3/c1-28(2)12-22-25(23(35)13-28)24(19(14-32)27(33)34(22)8-9-36-3)17-10-20(30)26(21(31)11-17)37-15-16-4-6-18(29)7-5-16/h4-7,10-11,24H,8-9,12-13,15,33H2,1-3H3/t24-/m0/s1. The summed E-state index contributed by atoms with van der Waals surface area (Å²) in [7, 11) is 1.62. The number of rotatable bonds is 7. The molecule has 0 radical (unpaired) electrons. The average molecular weight is 727 g/mol. The predicted molar refractivity (Wildman–Crippen MR) is 156 cm³/mol. The van der Waals surface area contributed by atoms with Crippen LogP contribution in [0.4, 0.5) is 4.39 Å². The number of nitrogens with two attached hydrogens (primary N) is 1. The Labute approximate surface area is 244 Å². The Morgan fingerprint density at radius 3 is 2.43 bits per heavy atom. The van der Waals surface area contributed by atoms with E-state index in [1.165, 1.54) is 12.1 Å². The van der Waals surface area contributed by atoms with E-state index in [0.29, 0.717) is 55.3 Å². The summed E-state index contributed by atoms with van der Waals surface area (Å²) in [6, 6.07) is 12.4. The highest BCUT2D eigenvalue weighted by Gasteiger charge is 2.44. The first kappa shape index (κ1) is 27.9. The maximum absolute atomic E-state index is 13.6. The van der Waals surface area contributed by atoms with E-state index >= 15 is 0 Å². The summed E-state index contributed by atoms with van der Waals surface area (Å²) in [5.41, 5.74) is 9.96. The fraction of sp³-hybridized carbons (Fsp3) is 0.357. The van der Waals surface area contributed by atoms with Crippen molar-refractivity contribution in [2.45, 2.75) is 39.2 Å². The van der Waals surface area contributed by atoms with Crippen LogP contribution in [0.3, 0.4) is 0 Å². The lowest BCUT2D eigenvalue weighted by Gasteiger charge is -2.43. The quantitative estimate of drug-likeness (QED) is 0.353. The summed E-state index contributed by atoms with van der Waals surface area (Å²) in [5.74, 6) is 0.277. The summed E-state index contributed by atoms with van der Waals surface area (Å²) >= 11 is 4.43. The molecule has 2 N–H and O–H groups in total. The zero-order chi connectivity index (χ0) is 26.9. The van der Waals surface area contributed by atoms with Crippen molar-refractivity contribution in [1.82, 2.24) is 4.90 Å². The van der Waals surface area contributed by atoms with Gasteiger partial charge in [0.1, 0.15) is 24.0 Å². The van der Waals surface area contributed by atoms with Gasteiger partial charge in [-0.05, 0) is 92.4 Å². The molecular weight excluding hydrogens is 699 g/mol. The van der Waals surface area contributed by atoms with Crippen LogP contribution >= 0.6 is 45.2 Å². The SMILES string of the molecule is COCCN1C(N)=C(C#N)[C@H](c2cc(I)c(OCc3ccc(F)cc3)c(I)c2)C2=C1CC(C)(C)CC2=O. The van der Waals surface area contributed by atoms with Gasteiger partial charge in [-0.1, -0.05) is 26.0 Å². The highest BCUT2D eigenvalue weighted by atomic mass is 127. The van der Waals surface area contributed by atoms with Gasteiger partial charge in [0.05, 0.1) is 31.3 Å². The molecule has 0 saturated carbocycles. The number of hydrogen-bond acceptors (Lipinski definition) is 6. The molecule has 37 heavy (non-hydrogen) atoms. The van der Waals surface area contributed by atoms with Gasteiger partial charge in [0.2, 0.25) is 0 Å². The van der Waals surface area contributed by atoms with Crippen LogP contribution in [0.2, 0.25) is 0 Å². The van der Waals surface area contributed by atoms with Crippen LogP contribution in [0.15, 0.2) is 59.1 Å². The van der Waals surface area contributed by atoms with Crippen LogP contribution in [-0.2, 0) is 16.1 Å². The number of Topliss-reactive ketones (excluding diaryl/α,β-unsaturated/α-hetero) is 1. The highest BCUT2D eigenvalue weighted by molar-refractivity contribution is 14.1. The second kappa shape index (κ2) is 11.3. The van der Waals surface area contributed by atoms with Crippen LogP contribution in [-0.4, -0.2) is 30.9 Å². The van der Waals surface area contributed by atoms with Crippen molar-refractivity contribution in [3.8, 4) is 11.8 Å². The first-order valence-electron chi connectivity index (χ1n) is 11.8. The second-order valence-corrected chi connectivity index (χ2v) is 12.3. The molecule has 0 aromatic heterocycles. The Hall–Kier alpha value is -2.17. The largest absolute Gasteiger partial charge is 0.487 e. The van der Waals surface area contributed by atoms with Crippen LogP contribution in [0.1, 0.15) is 43.7 Å². The van der Waals surface area contributed by atoms with Gasteiger partial charge in [-0.15, -0.1) is 0 Å². The van der Waals surface area contributed by atoms with E-state index in [2.05, 4.69) is 65.1 Å². The van der Waals surface area contributed by atoms with Gasteiger partial charge >= 0.3 is 0 Å². The van der Waals surface area contributed by atoms with E-state index in [-0.39, 0.29) is 17.0 Å². The summed E-state index contributed by atoms with van der Waals surface area (Å²) in [4.78, 5) is 15.5. The van der Waals surface area contributed by atoms with Crippen molar-refractivity contribution < 1.29 is 18.7 Å². The number of hydrogen-bond donors (Lipinski definition) is 1. The minimum Gasteiger partial charge on any atom is -0.487 e. The third-order valence-electron chi connectivity index (χ3n) is 6.66. The van der Waals surface area contributed by atoms with Gasteiger partial charge in [-0.2, -0.15) is 5.26 Å². The van der Waals surface area contributed by atoms with Gasteiger partial charge in [0.25, 0.3) is 0 Å². The summed E-state index contributed by atoms with van der Waals surface area (Å²) in [6.45, 7) is 5.34. The van der Waals surface area contributed by atoms with Crippen LogP contribution < -0.4 is 10.5 Å². The van der Waals surface area contributed by atoms with E-state index < -0.39 is 5.92 Å². The molecule has 0 unspecified atom stereocenters. The van der Waals surface area contributed by atoms with Gasteiger partial charge in [0.15, 0.2) is 5.78 Å². The normalized spacial score (nSPS) is 19.1. The molecule has 2 aliphatic rings. The zero-order valence-corrected chi connectivity index (χ0v) is 25.2. The fourth-order valence-electron chi connectivity index (χ4n) is 4.97. The maximum atomic E-state index is 13.6. The maximum Gasteiger partial charge on any atom is 0.162 e. The number of allylic oxidation sites excluding steroid dienone is 3. The van der Waals surface area contributed by atoms with Gasteiger partial charge in [0, 0.05) is 31.3 Å². The Morgan fingerprint density at radius 1 is 1.19 bits per heavy atom. The molecule has 2 aromatic rings. The van der Waals surface area contributed by atoms with Crippen molar-refractivity contribution in [2.75, 3.05) is 20.3 Å². The minimum atomic E-state index is -0.546. The number of nitrogens with zero attached hydrogens (tertiary/aromatic N) is 2. The molecule has 1 aliphatic carbocycles. The lowest BCUT2D eigenvalue weighted by Crippen LogP contribution is -2.43. The molecule has 4 rings (SSSR count). The van der Waals surface area contributed by atoms with E-state index in [4.69, 9.17) is 15.2 Å². The molecular formula is C28H28FI2N3O3. The molecule has 6 nitrogen and oxygen atoms in total. The minimum absolute atomic E-state index is 0.0422. The van der Waals surface area contributed by atoms with Gasteiger partial charge in [-0.25, -0.2) is 4.39 Å². The monoisotopic (exact) mass is 727 g/mol. The summed E-state index contributed by atoms with van der Waals surface area (Å²) < 4.78 is 26.3. The van der Waals surface area contributed by atoms with Gasteiger partial charge < -0.3 is 20.1 Å². The number of ether oxygens (including phenoxy) is 2. The lowest BCUT2D eigenvalue weighted by atomic mass is 9.68. The molecule has 9 heteroatoms. The fourth-order valence-corrected chi connectivity index (χ4v) is 7.09. The summed E-state index contributed by atoms with van der Waals surface area (Å²) in [6.07, 6.45) is 1.09. The molecule has 0 fully saturated rings. The van der Waals surface area contributed by atoms with Crippen LogP contribution in [0.25, 0.3) is 0 Å². The first-order chi connectivity index (χ1) is 17.6. The number of nitriles is 1. The third-order valence-corrected chi connectivity index (χ3v) is 8.26. The van der Waals surface area contributed by atoms with Crippen molar-refractivity contribution in [2.24, 2.45) is 11.1 Å². The Morgan fingerprint density at radius 2 is 1.84 bits per heavy atom. The first-order valence-corrected chi connectivity index (χ1v) is 14.0. The molecule has 0 saturated heterocycles. The lowest BCUT2D eigenvalue weighted by molar-refractivity contribution is -0.118. The van der Waals surface area contributed by atoms with E-state index in [9.17, 15) is 14.4 Å². The highest BCUT2D eigenvalue weighted by Crippen LogP contribution is 2.49. The van der Waals surface area contributed by atoms with Crippen molar-refractivity contribution >= 4 is 51.0 Å². The van der Waals surface area contributed by atoms with Crippen molar-refractivity contribution in [3.63, 3.8) is 0 Å². The third kappa shape index (κ3) is 5.81. The molecule has 194 valence electrons.